The van der Waals surface area contributed by atoms with Crippen molar-refractivity contribution < 1.29 is 9.59 Å². The van der Waals surface area contributed by atoms with Gasteiger partial charge < -0.3 is 5.32 Å². The van der Waals surface area contributed by atoms with E-state index in [1.807, 2.05) is 13.8 Å². The van der Waals surface area contributed by atoms with E-state index in [2.05, 4.69) is 5.32 Å². The second-order valence-corrected chi connectivity index (χ2v) is 5.13. The summed E-state index contributed by atoms with van der Waals surface area (Å²) in [5.41, 5.74) is 0. The van der Waals surface area contributed by atoms with Gasteiger partial charge in [-0.15, -0.1) is 0 Å². The Morgan fingerprint density at radius 1 is 1.12 bits per heavy atom. The Morgan fingerprint density at radius 3 is 2.12 bits per heavy atom. The third kappa shape index (κ3) is 3.62. The molecule has 1 aliphatic rings. The van der Waals surface area contributed by atoms with Crippen molar-refractivity contribution in [2.24, 2.45) is 11.8 Å². The van der Waals surface area contributed by atoms with Gasteiger partial charge in [-0.2, -0.15) is 0 Å². The number of hydrogen-bond acceptors (Lipinski definition) is 2. The van der Waals surface area contributed by atoms with E-state index in [1.54, 1.807) is 0 Å². The standard InChI is InChI=1S/C13H23NO2/c1-9(2)13(16)12(14-10(3)15)11-7-5-4-6-8-11/h9,11-12H,4-8H2,1-3H3,(H,14,15)/t12-/m0/s1. The van der Waals surface area contributed by atoms with Gasteiger partial charge in [-0.3, -0.25) is 9.59 Å². The summed E-state index contributed by atoms with van der Waals surface area (Å²) in [7, 11) is 0. The molecule has 1 atom stereocenters. The topological polar surface area (TPSA) is 46.2 Å². The molecule has 0 unspecified atom stereocenters. The number of rotatable bonds is 4. The maximum Gasteiger partial charge on any atom is 0.217 e. The lowest BCUT2D eigenvalue weighted by Gasteiger charge is -2.30. The first-order chi connectivity index (χ1) is 7.52. The average molecular weight is 225 g/mol. The van der Waals surface area contributed by atoms with Crippen LogP contribution in [-0.2, 0) is 9.59 Å². The number of carbonyl (C=O) groups excluding carboxylic acids is 2. The lowest BCUT2D eigenvalue weighted by Crippen LogP contribution is -2.47. The SMILES string of the molecule is CC(=O)N[C@H](C(=O)C(C)C)C1CCCCC1. The van der Waals surface area contributed by atoms with Crippen LogP contribution >= 0.6 is 0 Å². The summed E-state index contributed by atoms with van der Waals surface area (Å²) < 4.78 is 0. The Morgan fingerprint density at radius 2 is 1.69 bits per heavy atom. The molecule has 1 aliphatic carbocycles. The molecule has 16 heavy (non-hydrogen) atoms. The summed E-state index contributed by atoms with van der Waals surface area (Å²) in [5.74, 6) is 0.443. The normalized spacial score (nSPS) is 19.5. The van der Waals surface area contributed by atoms with Gasteiger partial charge in [-0.05, 0) is 18.8 Å². The van der Waals surface area contributed by atoms with Crippen LogP contribution in [0, 0.1) is 11.8 Å². The van der Waals surface area contributed by atoms with E-state index >= 15 is 0 Å². The summed E-state index contributed by atoms with van der Waals surface area (Å²) in [6, 6.07) is -0.252. The molecular weight excluding hydrogens is 202 g/mol. The molecule has 0 radical (unpaired) electrons. The van der Waals surface area contributed by atoms with Crippen LogP contribution in [0.25, 0.3) is 0 Å². The van der Waals surface area contributed by atoms with Gasteiger partial charge in [0.15, 0.2) is 5.78 Å². The van der Waals surface area contributed by atoms with Crippen LogP contribution in [0.5, 0.6) is 0 Å². The molecule has 0 aromatic heterocycles. The van der Waals surface area contributed by atoms with Crippen LogP contribution in [0.1, 0.15) is 52.9 Å². The Balaban J connectivity index is 2.68. The van der Waals surface area contributed by atoms with Crippen LogP contribution in [0.2, 0.25) is 0 Å². The minimum absolute atomic E-state index is 0.00113. The maximum atomic E-state index is 12.1. The Bertz CT molecular complexity index is 255. The molecule has 0 aliphatic heterocycles. The summed E-state index contributed by atoms with van der Waals surface area (Å²) in [6.07, 6.45) is 5.78. The van der Waals surface area contributed by atoms with E-state index < -0.39 is 0 Å². The zero-order valence-corrected chi connectivity index (χ0v) is 10.6. The monoisotopic (exact) mass is 225 g/mol. The van der Waals surface area contributed by atoms with E-state index in [0.29, 0.717) is 5.92 Å². The Kier molecular flexibility index (Phi) is 4.97. The molecule has 0 bridgehead atoms. The summed E-state index contributed by atoms with van der Waals surface area (Å²) >= 11 is 0. The molecule has 1 N–H and O–H groups in total. The minimum atomic E-state index is -0.252. The number of amides is 1. The lowest BCUT2D eigenvalue weighted by molar-refractivity contribution is -0.130. The van der Waals surface area contributed by atoms with E-state index in [4.69, 9.17) is 0 Å². The van der Waals surface area contributed by atoms with Crippen LogP contribution in [0.4, 0.5) is 0 Å². The number of hydrogen-bond donors (Lipinski definition) is 1. The molecule has 3 nitrogen and oxygen atoms in total. The van der Waals surface area contributed by atoms with E-state index in [1.165, 1.54) is 26.2 Å². The molecule has 1 rings (SSSR count). The van der Waals surface area contributed by atoms with E-state index in [-0.39, 0.29) is 23.7 Å². The minimum Gasteiger partial charge on any atom is -0.346 e. The van der Waals surface area contributed by atoms with Crippen molar-refractivity contribution >= 4 is 11.7 Å². The molecule has 0 saturated heterocycles. The number of carbonyl (C=O) groups is 2. The molecule has 92 valence electrons. The van der Waals surface area contributed by atoms with Gasteiger partial charge in [0.1, 0.15) is 0 Å². The maximum absolute atomic E-state index is 12.1. The number of nitrogens with one attached hydrogen (secondary N) is 1. The second kappa shape index (κ2) is 6.02. The molecule has 0 spiro atoms. The quantitative estimate of drug-likeness (QED) is 0.798. The van der Waals surface area contributed by atoms with Gasteiger partial charge >= 0.3 is 0 Å². The van der Waals surface area contributed by atoms with E-state index in [0.717, 1.165) is 12.8 Å². The highest BCUT2D eigenvalue weighted by molar-refractivity contribution is 5.89. The first-order valence-electron chi connectivity index (χ1n) is 6.33. The first kappa shape index (κ1) is 13.2. The summed E-state index contributed by atoms with van der Waals surface area (Å²) in [5, 5.41) is 2.84. The Labute approximate surface area is 98.0 Å². The van der Waals surface area contributed by atoms with Crippen LogP contribution in [0.3, 0.4) is 0 Å². The molecule has 0 heterocycles. The highest BCUT2D eigenvalue weighted by atomic mass is 16.2. The second-order valence-electron chi connectivity index (χ2n) is 5.13. The smallest absolute Gasteiger partial charge is 0.217 e. The van der Waals surface area contributed by atoms with Crippen LogP contribution < -0.4 is 5.32 Å². The molecule has 0 aromatic carbocycles. The number of Topliss-reactive ketones (excluding diaryl/α,β-unsaturated/α-hetero) is 1. The van der Waals surface area contributed by atoms with Gasteiger partial charge in [0, 0.05) is 12.8 Å². The fraction of sp³-hybridized carbons (Fsp3) is 0.846. The molecular formula is C13H23NO2. The zero-order valence-electron chi connectivity index (χ0n) is 10.6. The largest absolute Gasteiger partial charge is 0.346 e. The van der Waals surface area contributed by atoms with Gasteiger partial charge in [-0.25, -0.2) is 0 Å². The number of ketones is 1. The van der Waals surface area contributed by atoms with E-state index in [9.17, 15) is 9.59 Å². The molecule has 0 aromatic rings. The summed E-state index contributed by atoms with van der Waals surface area (Å²) in [4.78, 5) is 23.2. The molecule has 1 fully saturated rings. The first-order valence-corrected chi connectivity index (χ1v) is 6.33. The highest BCUT2D eigenvalue weighted by Gasteiger charge is 2.31. The van der Waals surface area contributed by atoms with Gasteiger partial charge in [0.25, 0.3) is 0 Å². The van der Waals surface area contributed by atoms with Crippen molar-refractivity contribution in [1.82, 2.24) is 5.32 Å². The third-order valence-electron chi connectivity index (χ3n) is 3.36. The van der Waals surface area contributed by atoms with Gasteiger partial charge in [0.2, 0.25) is 5.91 Å². The highest BCUT2D eigenvalue weighted by Crippen LogP contribution is 2.27. The zero-order chi connectivity index (χ0) is 12.1. The van der Waals surface area contributed by atoms with Crippen molar-refractivity contribution in [3.8, 4) is 0 Å². The van der Waals surface area contributed by atoms with Crippen molar-refractivity contribution in [3.63, 3.8) is 0 Å². The van der Waals surface area contributed by atoms with Crippen molar-refractivity contribution in [3.05, 3.63) is 0 Å². The summed E-state index contributed by atoms with van der Waals surface area (Å²) in [6.45, 7) is 5.30. The van der Waals surface area contributed by atoms with Crippen LogP contribution in [0.15, 0.2) is 0 Å². The van der Waals surface area contributed by atoms with Gasteiger partial charge in [0.05, 0.1) is 6.04 Å². The fourth-order valence-electron chi connectivity index (χ4n) is 2.47. The molecule has 1 amide bonds. The molecule has 1 saturated carbocycles. The molecule has 3 heteroatoms. The van der Waals surface area contributed by atoms with Crippen LogP contribution in [-0.4, -0.2) is 17.7 Å². The van der Waals surface area contributed by atoms with Gasteiger partial charge in [-0.1, -0.05) is 33.1 Å². The average Bonchev–Trinajstić information content (AvgIpc) is 2.26. The van der Waals surface area contributed by atoms with Crippen molar-refractivity contribution in [1.29, 1.82) is 0 Å². The fourth-order valence-corrected chi connectivity index (χ4v) is 2.47. The van der Waals surface area contributed by atoms with Crippen molar-refractivity contribution in [2.75, 3.05) is 0 Å². The Hall–Kier alpha value is -0.860. The predicted molar refractivity (Wildman–Crippen MR) is 64.0 cm³/mol. The predicted octanol–water partition coefficient (Wildman–Crippen LogP) is 2.30. The lowest BCUT2D eigenvalue weighted by atomic mass is 9.80. The van der Waals surface area contributed by atoms with Crippen molar-refractivity contribution in [2.45, 2.75) is 58.9 Å². The third-order valence-corrected chi connectivity index (χ3v) is 3.36.